The molecule has 4 nitrogen and oxygen atoms in total. The van der Waals surface area contributed by atoms with E-state index in [1.54, 1.807) is 0 Å². The summed E-state index contributed by atoms with van der Waals surface area (Å²) in [7, 11) is 1.34. The Bertz CT molecular complexity index is 273. The molecule has 0 fully saturated rings. The van der Waals surface area contributed by atoms with Crippen molar-refractivity contribution < 1.29 is 9.66 Å². The smallest absolute Gasteiger partial charge is 0.319 e. The van der Waals surface area contributed by atoms with Crippen molar-refractivity contribution in [3.8, 4) is 0 Å². The second kappa shape index (κ2) is 4.57. The molecule has 4 heteroatoms. The van der Waals surface area contributed by atoms with Gasteiger partial charge in [0.2, 0.25) is 0 Å². The highest BCUT2D eigenvalue weighted by Gasteiger charge is 2.18. The van der Waals surface area contributed by atoms with Gasteiger partial charge in [0.05, 0.1) is 11.3 Å². The average molecular weight is 181 g/mol. The van der Waals surface area contributed by atoms with E-state index in [9.17, 15) is 10.1 Å². The predicted octanol–water partition coefficient (Wildman–Crippen LogP) is 1.48. The second-order valence-electron chi connectivity index (χ2n) is 2.67. The third-order valence-electron chi connectivity index (χ3n) is 1.76. The summed E-state index contributed by atoms with van der Waals surface area (Å²) in [5, 5.41) is 10.4. The number of rotatable bonds is 4. The molecule has 0 aliphatic heterocycles. The topological polar surface area (TPSA) is 52.4 Å². The first-order valence-corrected chi connectivity index (χ1v) is 3.94. The highest BCUT2D eigenvalue weighted by molar-refractivity contribution is 5.14. The Kier molecular flexibility index (Phi) is 3.40. The zero-order valence-corrected chi connectivity index (χ0v) is 7.34. The molecule has 1 aromatic rings. The summed E-state index contributed by atoms with van der Waals surface area (Å²) in [4.78, 5) is 9.99. The highest BCUT2D eigenvalue weighted by atomic mass is 16.7. The number of hydrogen-bond donors (Lipinski definition) is 0. The van der Waals surface area contributed by atoms with Crippen molar-refractivity contribution in [1.82, 2.24) is 0 Å². The summed E-state index contributed by atoms with van der Waals surface area (Å²) in [5.74, 6) is 0. The molecule has 1 aromatic carbocycles. The first-order chi connectivity index (χ1) is 6.24. The number of methoxy groups -OCH3 is 1. The molecule has 0 amide bonds. The van der Waals surface area contributed by atoms with Crippen LogP contribution in [0.3, 0.4) is 0 Å². The van der Waals surface area contributed by atoms with Crippen molar-refractivity contribution in [2.45, 2.75) is 12.6 Å². The third-order valence-corrected chi connectivity index (χ3v) is 1.76. The largest absolute Gasteiger partial charge is 0.320 e. The average Bonchev–Trinajstić information content (AvgIpc) is 2.15. The van der Waals surface area contributed by atoms with Crippen LogP contribution in [0.1, 0.15) is 5.56 Å². The second-order valence-corrected chi connectivity index (χ2v) is 2.67. The normalized spacial score (nSPS) is 12.4. The van der Waals surface area contributed by atoms with Crippen LogP contribution in [-0.4, -0.2) is 18.3 Å². The maximum atomic E-state index is 10.4. The van der Waals surface area contributed by atoms with E-state index in [0.29, 0.717) is 6.42 Å². The van der Waals surface area contributed by atoms with E-state index in [1.807, 2.05) is 30.3 Å². The lowest BCUT2D eigenvalue weighted by Gasteiger charge is -2.06. The van der Waals surface area contributed by atoms with Crippen LogP contribution in [-0.2, 0) is 11.2 Å². The molecule has 0 saturated carbocycles. The van der Waals surface area contributed by atoms with Crippen LogP contribution in [0, 0.1) is 10.1 Å². The Morgan fingerprint density at radius 1 is 1.46 bits per heavy atom. The maximum absolute atomic E-state index is 10.4. The van der Waals surface area contributed by atoms with E-state index < -0.39 is 11.2 Å². The SMILES string of the molecule is COC(Cc1ccccc1)[N+](=O)[O-]. The number of nitro groups is 1. The molecule has 0 aliphatic rings. The number of hydrogen-bond acceptors (Lipinski definition) is 3. The molecule has 0 saturated heterocycles. The van der Waals surface area contributed by atoms with Crippen molar-refractivity contribution in [3.05, 3.63) is 46.0 Å². The molecular formula is C9H11NO3. The van der Waals surface area contributed by atoms with Crippen LogP contribution >= 0.6 is 0 Å². The zero-order chi connectivity index (χ0) is 9.68. The van der Waals surface area contributed by atoms with Gasteiger partial charge in [-0.1, -0.05) is 30.3 Å². The monoisotopic (exact) mass is 181 g/mol. The van der Waals surface area contributed by atoms with Crippen molar-refractivity contribution >= 4 is 0 Å². The number of nitrogens with zero attached hydrogens (tertiary/aromatic N) is 1. The summed E-state index contributed by atoms with van der Waals surface area (Å²) in [6.07, 6.45) is -0.632. The molecule has 1 unspecified atom stereocenters. The fourth-order valence-electron chi connectivity index (χ4n) is 1.06. The minimum Gasteiger partial charge on any atom is -0.320 e. The van der Waals surface area contributed by atoms with Crippen molar-refractivity contribution in [2.75, 3.05) is 7.11 Å². The van der Waals surface area contributed by atoms with Crippen molar-refractivity contribution in [1.29, 1.82) is 0 Å². The standard InChI is InChI=1S/C9H11NO3/c1-13-9(10(11)12)7-8-5-3-2-4-6-8/h2-6,9H,7H2,1H3. The van der Waals surface area contributed by atoms with Gasteiger partial charge in [-0.3, -0.25) is 10.1 Å². The van der Waals surface area contributed by atoms with Crippen LogP contribution in [0.2, 0.25) is 0 Å². The molecule has 0 N–H and O–H groups in total. The van der Waals surface area contributed by atoms with Crippen LogP contribution < -0.4 is 0 Å². The summed E-state index contributed by atoms with van der Waals surface area (Å²) >= 11 is 0. The van der Waals surface area contributed by atoms with Crippen LogP contribution in [0.4, 0.5) is 0 Å². The Hall–Kier alpha value is -1.42. The Morgan fingerprint density at radius 3 is 2.54 bits per heavy atom. The van der Waals surface area contributed by atoms with Gasteiger partial charge in [0.25, 0.3) is 0 Å². The lowest BCUT2D eigenvalue weighted by atomic mass is 10.1. The minimum absolute atomic E-state index is 0.310. The highest BCUT2D eigenvalue weighted by Crippen LogP contribution is 2.05. The third kappa shape index (κ3) is 2.83. The van der Waals surface area contributed by atoms with Gasteiger partial charge in [0.1, 0.15) is 0 Å². The molecule has 0 spiro atoms. The Morgan fingerprint density at radius 2 is 2.08 bits per heavy atom. The van der Waals surface area contributed by atoms with Gasteiger partial charge >= 0.3 is 6.23 Å². The van der Waals surface area contributed by atoms with Crippen LogP contribution in [0.15, 0.2) is 30.3 Å². The fourth-order valence-corrected chi connectivity index (χ4v) is 1.06. The molecule has 0 aromatic heterocycles. The molecule has 0 aliphatic carbocycles. The first kappa shape index (κ1) is 9.67. The van der Waals surface area contributed by atoms with Crippen LogP contribution in [0.25, 0.3) is 0 Å². The predicted molar refractivity (Wildman–Crippen MR) is 47.9 cm³/mol. The summed E-state index contributed by atoms with van der Waals surface area (Å²) in [6.45, 7) is 0. The van der Waals surface area contributed by atoms with E-state index in [2.05, 4.69) is 0 Å². The van der Waals surface area contributed by atoms with Gasteiger partial charge in [-0.2, -0.15) is 0 Å². The summed E-state index contributed by atoms with van der Waals surface area (Å²) < 4.78 is 4.72. The van der Waals surface area contributed by atoms with Gasteiger partial charge in [-0.15, -0.1) is 0 Å². The van der Waals surface area contributed by atoms with Gasteiger partial charge in [-0.05, 0) is 5.56 Å². The van der Waals surface area contributed by atoms with E-state index in [-0.39, 0.29) is 0 Å². The summed E-state index contributed by atoms with van der Waals surface area (Å²) in [6, 6.07) is 9.26. The minimum atomic E-state index is -0.942. The molecule has 1 atom stereocenters. The van der Waals surface area contributed by atoms with E-state index in [0.717, 1.165) is 5.56 Å². The molecule has 70 valence electrons. The van der Waals surface area contributed by atoms with Crippen molar-refractivity contribution in [2.24, 2.45) is 0 Å². The van der Waals surface area contributed by atoms with E-state index in [1.165, 1.54) is 7.11 Å². The van der Waals surface area contributed by atoms with Crippen molar-refractivity contribution in [3.63, 3.8) is 0 Å². The number of benzene rings is 1. The Labute approximate surface area is 76.3 Å². The summed E-state index contributed by atoms with van der Waals surface area (Å²) in [5.41, 5.74) is 0.908. The molecule has 0 radical (unpaired) electrons. The van der Waals surface area contributed by atoms with Gasteiger partial charge < -0.3 is 4.74 Å². The lowest BCUT2D eigenvalue weighted by molar-refractivity contribution is -0.572. The molecule has 1 rings (SSSR count). The zero-order valence-electron chi connectivity index (χ0n) is 7.34. The molecule has 0 bridgehead atoms. The first-order valence-electron chi connectivity index (χ1n) is 3.94. The lowest BCUT2D eigenvalue weighted by Crippen LogP contribution is -2.23. The Balaban J connectivity index is 2.62. The quantitative estimate of drug-likeness (QED) is 0.401. The fraction of sp³-hybridized carbons (Fsp3) is 0.333. The number of ether oxygens (including phenoxy) is 1. The van der Waals surface area contributed by atoms with Gasteiger partial charge in [-0.25, -0.2) is 0 Å². The van der Waals surface area contributed by atoms with E-state index >= 15 is 0 Å². The van der Waals surface area contributed by atoms with E-state index in [4.69, 9.17) is 4.74 Å². The van der Waals surface area contributed by atoms with Gasteiger partial charge in [0.15, 0.2) is 0 Å². The molecule has 13 heavy (non-hydrogen) atoms. The molecular weight excluding hydrogens is 170 g/mol. The maximum Gasteiger partial charge on any atom is 0.319 e. The molecule has 0 heterocycles. The van der Waals surface area contributed by atoms with Crippen LogP contribution in [0.5, 0.6) is 0 Å². The van der Waals surface area contributed by atoms with Gasteiger partial charge in [0, 0.05) is 7.11 Å².